The van der Waals surface area contributed by atoms with Crippen molar-refractivity contribution < 1.29 is 27.9 Å². The van der Waals surface area contributed by atoms with Gasteiger partial charge in [0.2, 0.25) is 0 Å². The van der Waals surface area contributed by atoms with E-state index in [0.717, 1.165) is 36.1 Å². The quantitative estimate of drug-likeness (QED) is 0.685. The van der Waals surface area contributed by atoms with Gasteiger partial charge in [0.05, 0.1) is 7.11 Å². The van der Waals surface area contributed by atoms with Crippen LogP contribution in [0.2, 0.25) is 0 Å². The van der Waals surface area contributed by atoms with Crippen molar-refractivity contribution in [1.29, 1.82) is 0 Å². The molecule has 0 fully saturated rings. The first-order chi connectivity index (χ1) is 10.3. The van der Waals surface area contributed by atoms with Gasteiger partial charge in [-0.3, -0.25) is 10.0 Å². The van der Waals surface area contributed by atoms with E-state index in [1.807, 2.05) is 18.2 Å². The summed E-state index contributed by atoms with van der Waals surface area (Å²) in [7, 11) is 1.58. The highest BCUT2D eigenvalue weighted by Crippen LogP contribution is 2.38. The van der Waals surface area contributed by atoms with E-state index in [2.05, 4.69) is 0 Å². The van der Waals surface area contributed by atoms with Gasteiger partial charge in [-0.1, -0.05) is 12.1 Å². The molecule has 0 radical (unpaired) electrons. The SMILES string of the molecule is COc1cccc2c1CCCC2CCN(O)C(=O)C(F)(F)F. The zero-order valence-corrected chi connectivity index (χ0v) is 12.2. The molecule has 0 spiro atoms. The van der Waals surface area contributed by atoms with Gasteiger partial charge in [-0.25, -0.2) is 5.06 Å². The monoisotopic (exact) mass is 317 g/mol. The van der Waals surface area contributed by atoms with Crippen LogP contribution >= 0.6 is 0 Å². The van der Waals surface area contributed by atoms with Crippen molar-refractivity contribution in [3.8, 4) is 5.75 Å². The van der Waals surface area contributed by atoms with E-state index in [9.17, 15) is 23.2 Å². The highest BCUT2D eigenvalue weighted by Gasteiger charge is 2.42. The summed E-state index contributed by atoms with van der Waals surface area (Å²) >= 11 is 0. The van der Waals surface area contributed by atoms with Crippen LogP contribution in [0.4, 0.5) is 13.2 Å². The van der Waals surface area contributed by atoms with Crippen molar-refractivity contribution >= 4 is 5.91 Å². The number of alkyl halides is 3. The number of fused-ring (bicyclic) bond motifs is 1. The number of carbonyl (C=O) groups excluding carboxylic acids is 1. The first-order valence-corrected chi connectivity index (χ1v) is 7.08. The second kappa shape index (κ2) is 6.56. The van der Waals surface area contributed by atoms with Gasteiger partial charge < -0.3 is 4.74 Å². The van der Waals surface area contributed by atoms with Gasteiger partial charge in [0, 0.05) is 6.54 Å². The molecule has 4 nitrogen and oxygen atoms in total. The third-order valence-corrected chi connectivity index (χ3v) is 3.97. The first kappa shape index (κ1) is 16.6. The van der Waals surface area contributed by atoms with Crippen LogP contribution in [0.25, 0.3) is 0 Å². The Morgan fingerprint density at radius 3 is 2.82 bits per heavy atom. The molecule has 122 valence electrons. The second-order valence-electron chi connectivity index (χ2n) is 5.33. The highest BCUT2D eigenvalue weighted by molar-refractivity contribution is 5.80. The lowest BCUT2D eigenvalue weighted by Crippen LogP contribution is -2.39. The van der Waals surface area contributed by atoms with Crippen molar-refractivity contribution in [2.45, 2.75) is 37.8 Å². The van der Waals surface area contributed by atoms with Gasteiger partial charge in [-0.15, -0.1) is 0 Å². The Morgan fingerprint density at radius 1 is 1.45 bits per heavy atom. The zero-order chi connectivity index (χ0) is 16.3. The Balaban J connectivity index is 2.06. The zero-order valence-electron chi connectivity index (χ0n) is 12.2. The summed E-state index contributed by atoms with van der Waals surface area (Å²) in [6.45, 7) is -0.348. The van der Waals surface area contributed by atoms with Crippen molar-refractivity contribution in [1.82, 2.24) is 5.06 Å². The summed E-state index contributed by atoms with van der Waals surface area (Å²) in [5.74, 6) is -1.45. The average molecular weight is 317 g/mol. The summed E-state index contributed by atoms with van der Waals surface area (Å²) in [5.41, 5.74) is 2.09. The van der Waals surface area contributed by atoms with Crippen LogP contribution in [-0.4, -0.2) is 36.0 Å². The van der Waals surface area contributed by atoms with Crippen molar-refractivity contribution in [2.24, 2.45) is 0 Å². The van der Waals surface area contributed by atoms with Crippen LogP contribution < -0.4 is 4.74 Å². The normalized spacial score (nSPS) is 17.8. The number of hydrogen-bond donors (Lipinski definition) is 1. The Bertz CT molecular complexity index is 545. The molecule has 2 rings (SSSR count). The van der Waals surface area contributed by atoms with Crippen molar-refractivity contribution in [3.05, 3.63) is 29.3 Å². The summed E-state index contributed by atoms with van der Waals surface area (Å²) in [6.07, 6.45) is -2.20. The number of nitrogens with zero attached hydrogens (tertiary/aromatic N) is 1. The number of hydroxylamine groups is 2. The molecular weight excluding hydrogens is 299 g/mol. The maximum atomic E-state index is 12.2. The molecule has 1 atom stereocenters. The molecule has 22 heavy (non-hydrogen) atoms. The van der Waals surface area contributed by atoms with Gasteiger partial charge in [-0.05, 0) is 48.8 Å². The molecule has 1 aliphatic carbocycles. The fourth-order valence-corrected chi connectivity index (χ4v) is 2.93. The maximum absolute atomic E-state index is 12.2. The largest absolute Gasteiger partial charge is 0.496 e. The molecule has 1 N–H and O–H groups in total. The van der Waals surface area contributed by atoms with Gasteiger partial charge in [0.15, 0.2) is 0 Å². The van der Waals surface area contributed by atoms with E-state index in [1.165, 1.54) is 0 Å². The van der Waals surface area contributed by atoms with Gasteiger partial charge >= 0.3 is 12.1 Å². The lowest BCUT2D eigenvalue weighted by atomic mass is 9.80. The molecule has 1 aliphatic rings. The first-order valence-electron chi connectivity index (χ1n) is 7.08. The molecule has 0 heterocycles. The van der Waals surface area contributed by atoms with Crippen LogP contribution in [0.1, 0.15) is 36.3 Å². The van der Waals surface area contributed by atoms with Crippen molar-refractivity contribution in [3.63, 3.8) is 0 Å². The predicted molar refractivity (Wildman–Crippen MR) is 72.8 cm³/mol. The van der Waals surface area contributed by atoms with E-state index >= 15 is 0 Å². The number of methoxy groups -OCH3 is 1. The molecular formula is C15H18F3NO3. The lowest BCUT2D eigenvalue weighted by molar-refractivity contribution is -0.216. The highest BCUT2D eigenvalue weighted by atomic mass is 19.4. The molecule has 1 aromatic carbocycles. The van der Waals surface area contributed by atoms with E-state index in [1.54, 1.807) is 7.11 Å². The minimum Gasteiger partial charge on any atom is -0.496 e. The Morgan fingerprint density at radius 2 is 2.18 bits per heavy atom. The second-order valence-corrected chi connectivity index (χ2v) is 5.33. The smallest absolute Gasteiger partial charge is 0.473 e. The molecule has 7 heteroatoms. The minimum atomic E-state index is -5.05. The summed E-state index contributed by atoms with van der Waals surface area (Å²) in [6, 6.07) is 5.62. The molecule has 0 saturated carbocycles. The Hall–Kier alpha value is -1.76. The topological polar surface area (TPSA) is 49.8 Å². The standard InChI is InChI=1S/C15H18F3NO3/c1-22-13-7-3-5-11-10(4-2-6-12(11)13)8-9-19(21)14(20)15(16,17)18/h3,5,7,10,21H,2,4,6,8-9H2,1H3. The third kappa shape index (κ3) is 3.52. The molecule has 0 saturated heterocycles. The lowest BCUT2D eigenvalue weighted by Gasteiger charge is -2.28. The number of halogens is 3. The number of hydrogen-bond acceptors (Lipinski definition) is 3. The molecule has 1 amide bonds. The number of amides is 1. The maximum Gasteiger partial charge on any atom is 0.473 e. The fraction of sp³-hybridized carbons (Fsp3) is 0.533. The number of benzene rings is 1. The molecule has 1 unspecified atom stereocenters. The summed E-state index contributed by atoms with van der Waals surface area (Å²) < 4.78 is 42.0. The van der Waals surface area contributed by atoms with Crippen LogP contribution in [0.15, 0.2) is 18.2 Å². The van der Waals surface area contributed by atoms with Gasteiger partial charge in [0.25, 0.3) is 0 Å². The van der Waals surface area contributed by atoms with E-state index < -0.39 is 12.1 Å². The number of ether oxygens (including phenoxy) is 1. The molecule has 0 bridgehead atoms. The van der Waals surface area contributed by atoms with E-state index in [-0.39, 0.29) is 23.9 Å². The summed E-state index contributed by atoms with van der Waals surface area (Å²) in [5, 5.41) is 9.03. The van der Waals surface area contributed by atoms with Crippen LogP contribution in [-0.2, 0) is 11.2 Å². The number of carbonyl (C=O) groups is 1. The van der Waals surface area contributed by atoms with Crippen molar-refractivity contribution in [2.75, 3.05) is 13.7 Å². The fourth-order valence-electron chi connectivity index (χ4n) is 2.93. The van der Waals surface area contributed by atoms with E-state index in [4.69, 9.17) is 4.74 Å². The Kier molecular flexibility index (Phi) is 4.95. The molecule has 0 aromatic heterocycles. The predicted octanol–water partition coefficient (Wildman–Crippen LogP) is 3.29. The number of rotatable bonds is 4. The van der Waals surface area contributed by atoms with E-state index in [0.29, 0.717) is 0 Å². The molecule has 1 aromatic rings. The minimum absolute atomic E-state index is 0.00883. The third-order valence-electron chi connectivity index (χ3n) is 3.97. The van der Waals surface area contributed by atoms with Gasteiger partial charge in [-0.2, -0.15) is 13.2 Å². The van der Waals surface area contributed by atoms with Gasteiger partial charge in [0.1, 0.15) is 5.75 Å². The summed E-state index contributed by atoms with van der Waals surface area (Å²) in [4.78, 5) is 10.9. The van der Waals surface area contributed by atoms with Crippen LogP contribution in [0.5, 0.6) is 5.75 Å². The van der Waals surface area contributed by atoms with Crippen LogP contribution in [0.3, 0.4) is 0 Å². The average Bonchev–Trinajstić information content (AvgIpc) is 2.50. The van der Waals surface area contributed by atoms with Crippen LogP contribution in [0, 0.1) is 0 Å². The Labute approximate surface area is 126 Å². The molecule has 0 aliphatic heterocycles.